The zero-order valence-corrected chi connectivity index (χ0v) is 12.5. The molecule has 0 spiro atoms. The number of hydrogen-bond acceptors (Lipinski definition) is 2. The lowest BCUT2D eigenvalue weighted by Gasteiger charge is -2.26. The van der Waals surface area contributed by atoms with Gasteiger partial charge in [0.1, 0.15) is 5.78 Å². The summed E-state index contributed by atoms with van der Waals surface area (Å²) in [6, 6.07) is 0.0869. The van der Waals surface area contributed by atoms with Gasteiger partial charge in [-0.15, -0.1) is 0 Å². The van der Waals surface area contributed by atoms with Crippen LogP contribution in [-0.2, 0) is 4.79 Å². The van der Waals surface area contributed by atoms with Crippen LogP contribution in [0, 0.1) is 11.8 Å². The van der Waals surface area contributed by atoms with Crippen LogP contribution in [0.25, 0.3) is 0 Å². The van der Waals surface area contributed by atoms with Crippen molar-refractivity contribution in [3.8, 4) is 0 Å². The highest BCUT2D eigenvalue weighted by atomic mass is 16.1. The number of carbonyl (C=O) groups excluding carboxylic acids is 1. The average Bonchev–Trinajstić information content (AvgIpc) is 2.35. The smallest absolute Gasteiger partial charge is 0.146 e. The molecule has 0 aliphatic heterocycles. The van der Waals surface area contributed by atoms with E-state index in [2.05, 4.69) is 19.2 Å². The lowest BCUT2D eigenvalue weighted by molar-refractivity contribution is -0.119. The first-order valence-corrected chi connectivity index (χ1v) is 7.87. The first kappa shape index (κ1) is 15.7. The standard InChI is InChI=1S/C16H31NO/c1-4-8-16(14(3)18)17-12-13(2)11-15-9-6-5-7-10-15/h13,15-17H,4-12H2,1-3H3. The maximum atomic E-state index is 11.5. The van der Waals surface area contributed by atoms with Crippen molar-refractivity contribution >= 4 is 5.78 Å². The van der Waals surface area contributed by atoms with E-state index in [1.54, 1.807) is 6.92 Å². The second kappa shape index (κ2) is 8.68. The summed E-state index contributed by atoms with van der Waals surface area (Å²) in [5.41, 5.74) is 0. The molecule has 1 N–H and O–H groups in total. The molecule has 1 saturated carbocycles. The third kappa shape index (κ3) is 5.99. The maximum Gasteiger partial charge on any atom is 0.146 e. The van der Waals surface area contributed by atoms with E-state index in [9.17, 15) is 4.79 Å². The minimum absolute atomic E-state index is 0.0869. The van der Waals surface area contributed by atoms with Crippen LogP contribution in [0.5, 0.6) is 0 Å². The summed E-state index contributed by atoms with van der Waals surface area (Å²) in [6.07, 6.45) is 10.5. The molecule has 0 radical (unpaired) electrons. The Kier molecular flexibility index (Phi) is 7.57. The van der Waals surface area contributed by atoms with Gasteiger partial charge in [-0.25, -0.2) is 0 Å². The van der Waals surface area contributed by atoms with Gasteiger partial charge in [-0.3, -0.25) is 4.79 Å². The van der Waals surface area contributed by atoms with Gasteiger partial charge in [-0.1, -0.05) is 52.4 Å². The molecule has 0 aromatic heterocycles. The van der Waals surface area contributed by atoms with E-state index in [-0.39, 0.29) is 6.04 Å². The van der Waals surface area contributed by atoms with Gasteiger partial charge in [-0.2, -0.15) is 0 Å². The van der Waals surface area contributed by atoms with Crippen molar-refractivity contribution in [1.29, 1.82) is 0 Å². The van der Waals surface area contributed by atoms with Crippen LogP contribution >= 0.6 is 0 Å². The summed E-state index contributed by atoms with van der Waals surface area (Å²) in [7, 11) is 0. The SMILES string of the molecule is CCCC(NCC(C)CC1CCCCC1)C(C)=O. The highest BCUT2D eigenvalue weighted by Gasteiger charge is 2.18. The molecule has 1 fully saturated rings. The zero-order chi connectivity index (χ0) is 13.4. The van der Waals surface area contributed by atoms with Gasteiger partial charge in [0.25, 0.3) is 0 Å². The van der Waals surface area contributed by atoms with Crippen molar-refractivity contribution in [2.75, 3.05) is 6.54 Å². The molecule has 0 aromatic rings. The fourth-order valence-corrected chi connectivity index (χ4v) is 3.16. The van der Waals surface area contributed by atoms with E-state index in [4.69, 9.17) is 0 Å². The molecule has 2 atom stereocenters. The van der Waals surface area contributed by atoms with Crippen LogP contribution < -0.4 is 5.32 Å². The molecule has 106 valence electrons. The average molecular weight is 253 g/mol. The number of Topliss-reactive ketones (excluding diaryl/α,β-unsaturated/α-hetero) is 1. The number of rotatable bonds is 8. The Labute approximate surface area is 113 Å². The zero-order valence-electron chi connectivity index (χ0n) is 12.5. The Hall–Kier alpha value is -0.370. The molecule has 0 saturated heterocycles. The van der Waals surface area contributed by atoms with Crippen LogP contribution in [0.15, 0.2) is 0 Å². The van der Waals surface area contributed by atoms with Gasteiger partial charge < -0.3 is 5.32 Å². The summed E-state index contributed by atoms with van der Waals surface area (Å²) in [5.74, 6) is 1.94. The molecule has 0 aromatic carbocycles. The fourth-order valence-electron chi connectivity index (χ4n) is 3.16. The molecule has 18 heavy (non-hydrogen) atoms. The molecular formula is C16H31NO. The van der Waals surface area contributed by atoms with Crippen molar-refractivity contribution in [3.63, 3.8) is 0 Å². The number of hydrogen-bond donors (Lipinski definition) is 1. The molecule has 1 aliphatic rings. The number of carbonyl (C=O) groups is 1. The Morgan fingerprint density at radius 1 is 1.28 bits per heavy atom. The van der Waals surface area contributed by atoms with E-state index in [0.29, 0.717) is 11.7 Å². The molecule has 0 bridgehead atoms. The molecule has 0 heterocycles. The first-order valence-electron chi connectivity index (χ1n) is 7.87. The molecule has 0 amide bonds. The molecule has 1 aliphatic carbocycles. The summed E-state index contributed by atoms with van der Waals surface area (Å²) in [6.45, 7) is 7.17. The van der Waals surface area contributed by atoms with Crippen LogP contribution in [0.4, 0.5) is 0 Å². The van der Waals surface area contributed by atoms with Crippen LogP contribution in [0.2, 0.25) is 0 Å². The minimum atomic E-state index is 0.0869. The van der Waals surface area contributed by atoms with E-state index in [1.807, 2.05) is 0 Å². The van der Waals surface area contributed by atoms with Crippen molar-refractivity contribution in [2.45, 2.75) is 78.2 Å². The summed E-state index contributed by atoms with van der Waals surface area (Å²) in [4.78, 5) is 11.5. The Morgan fingerprint density at radius 2 is 1.94 bits per heavy atom. The predicted molar refractivity (Wildman–Crippen MR) is 77.7 cm³/mol. The van der Waals surface area contributed by atoms with Crippen LogP contribution in [0.1, 0.15) is 72.1 Å². The quantitative estimate of drug-likeness (QED) is 0.710. The van der Waals surface area contributed by atoms with Gasteiger partial charge in [0.15, 0.2) is 0 Å². The van der Waals surface area contributed by atoms with Crippen molar-refractivity contribution in [3.05, 3.63) is 0 Å². The minimum Gasteiger partial charge on any atom is -0.307 e. The first-order chi connectivity index (χ1) is 8.63. The summed E-state index contributed by atoms with van der Waals surface area (Å²) >= 11 is 0. The second-order valence-electron chi connectivity index (χ2n) is 6.21. The fraction of sp³-hybridized carbons (Fsp3) is 0.938. The number of ketones is 1. The van der Waals surface area contributed by atoms with Gasteiger partial charge in [0.2, 0.25) is 0 Å². The summed E-state index contributed by atoms with van der Waals surface area (Å²) < 4.78 is 0. The molecule has 2 unspecified atom stereocenters. The lowest BCUT2D eigenvalue weighted by atomic mass is 9.83. The summed E-state index contributed by atoms with van der Waals surface area (Å²) in [5, 5.41) is 3.46. The Balaban J connectivity index is 2.21. The van der Waals surface area contributed by atoms with E-state index in [0.717, 1.165) is 25.3 Å². The second-order valence-corrected chi connectivity index (χ2v) is 6.21. The predicted octanol–water partition coefficient (Wildman–Crippen LogP) is 3.94. The topological polar surface area (TPSA) is 29.1 Å². The molecule has 1 rings (SSSR count). The van der Waals surface area contributed by atoms with Gasteiger partial charge >= 0.3 is 0 Å². The molecule has 2 nitrogen and oxygen atoms in total. The monoisotopic (exact) mass is 253 g/mol. The normalized spacial score (nSPS) is 20.6. The molecular weight excluding hydrogens is 222 g/mol. The van der Waals surface area contributed by atoms with Gasteiger partial charge in [0, 0.05) is 0 Å². The van der Waals surface area contributed by atoms with Crippen molar-refractivity contribution in [1.82, 2.24) is 5.32 Å². The highest BCUT2D eigenvalue weighted by Crippen LogP contribution is 2.28. The highest BCUT2D eigenvalue weighted by molar-refractivity contribution is 5.81. The van der Waals surface area contributed by atoms with E-state index < -0.39 is 0 Å². The van der Waals surface area contributed by atoms with Crippen molar-refractivity contribution < 1.29 is 4.79 Å². The van der Waals surface area contributed by atoms with Crippen LogP contribution in [0.3, 0.4) is 0 Å². The van der Waals surface area contributed by atoms with Crippen molar-refractivity contribution in [2.24, 2.45) is 11.8 Å². The van der Waals surface area contributed by atoms with Crippen LogP contribution in [-0.4, -0.2) is 18.4 Å². The lowest BCUT2D eigenvalue weighted by Crippen LogP contribution is -2.38. The van der Waals surface area contributed by atoms with Gasteiger partial charge in [0.05, 0.1) is 6.04 Å². The molecule has 2 heteroatoms. The number of nitrogens with one attached hydrogen (secondary N) is 1. The van der Waals surface area contributed by atoms with E-state index >= 15 is 0 Å². The third-order valence-electron chi connectivity index (χ3n) is 4.24. The Morgan fingerprint density at radius 3 is 2.50 bits per heavy atom. The largest absolute Gasteiger partial charge is 0.307 e. The van der Waals surface area contributed by atoms with Gasteiger partial charge in [-0.05, 0) is 38.1 Å². The maximum absolute atomic E-state index is 11.5. The van der Waals surface area contributed by atoms with E-state index in [1.165, 1.54) is 38.5 Å². The third-order valence-corrected chi connectivity index (χ3v) is 4.24. The Bertz CT molecular complexity index is 233.